The molecule has 0 bridgehead atoms. The van der Waals surface area contributed by atoms with Gasteiger partial charge in [0.2, 0.25) is 5.91 Å². The molecule has 2 aromatic carbocycles. The Kier molecular flexibility index (Phi) is 4.98. The second kappa shape index (κ2) is 7.20. The third kappa shape index (κ3) is 3.17. The number of para-hydroxylation sites is 1. The number of aryl methyl sites for hydroxylation is 2. The summed E-state index contributed by atoms with van der Waals surface area (Å²) in [5.74, 6) is 0.281. The molecule has 0 unspecified atom stereocenters. The van der Waals surface area contributed by atoms with Crippen LogP contribution in [-0.2, 0) is 4.79 Å². The van der Waals surface area contributed by atoms with E-state index in [4.69, 9.17) is 4.74 Å². The molecule has 136 valence electrons. The summed E-state index contributed by atoms with van der Waals surface area (Å²) in [6, 6.07) is 12.6. The number of carbonyl (C=O) groups excluding carboxylic acids is 2. The second-order valence-electron chi connectivity index (χ2n) is 6.65. The van der Waals surface area contributed by atoms with Crippen molar-refractivity contribution in [2.45, 2.75) is 26.8 Å². The van der Waals surface area contributed by atoms with Crippen molar-refractivity contribution < 1.29 is 14.3 Å². The van der Waals surface area contributed by atoms with Gasteiger partial charge in [-0.05, 0) is 44.5 Å². The lowest BCUT2D eigenvalue weighted by molar-refractivity contribution is -0.124. The van der Waals surface area contributed by atoms with Gasteiger partial charge in [0.15, 0.2) is 0 Å². The van der Waals surface area contributed by atoms with Crippen LogP contribution in [0.2, 0.25) is 0 Å². The van der Waals surface area contributed by atoms with Gasteiger partial charge in [-0.1, -0.05) is 29.8 Å². The van der Waals surface area contributed by atoms with E-state index >= 15 is 0 Å². The average molecular weight is 352 g/mol. The van der Waals surface area contributed by atoms with Crippen molar-refractivity contribution >= 4 is 17.5 Å². The number of carbonyl (C=O) groups is 2. The molecule has 5 nitrogen and oxygen atoms in total. The summed E-state index contributed by atoms with van der Waals surface area (Å²) in [7, 11) is 1.54. The molecule has 1 aliphatic heterocycles. The highest BCUT2D eigenvalue weighted by atomic mass is 16.5. The minimum Gasteiger partial charge on any atom is -0.496 e. The van der Waals surface area contributed by atoms with Crippen LogP contribution in [0.4, 0.5) is 5.69 Å². The molecule has 0 radical (unpaired) electrons. The van der Waals surface area contributed by atoms with E-state index in [1.54, 1.807) is 42.0 Å². The third-order valence-electron chi connectivity index (χ3n) is 4.90. The van der Waals surface area contributed by atoms with Gasteiger partial charge in [-0.2, -0.15) is 0 Å². The molecule has 1 fully saturated rings. The van der Waals surface area contributed by atoms with Gasteiger partial charge in [-0.3, -0.25) is 9.59 Å². The number of nitrogens with zero attached hydrogens (tertiary/aromatic N) is 2. The zero-order valence-corrected chi connectivity index (χ0v) is 15.7. The number of benzene rings is 2. The Morgan fingerprint density at radius 2 is 1.85 bits per heavy atom. The maximum Gasteiger partial charge on any atom is 0.258 e. The van der Waals surface area contributed by atoms with E-state index in [0.29, 0.717) is 24.4 Å². The second-order valence-corrected chi connectivity index (χ2v) is 6.65. The fourth-order valence-corrected chi connectivity index (χ4v) is 3.47. The molecule has 1 heterocycles. The van der Waals surface area contributed by atoms with Gasteiger partial charge in [-0.25, -0.2) is 0 Å². The van der Waals surface area contributed by atoms with Crippen molar-refractivity contribution in [2.24, 2.45) is 0 Å². The van der Waals surface area contributed by atoms with Crippen molar-refractivity contribution in [3.63, 3.8) is 0 Å². The highest BCUT2D eigenvalue weighted by molar-refractivity contribution is 6.04. The van der Waals surface area contributed by atoms with Gasteiger partial charge in [0, 0.05) is 18.8 Å². The first-order chi connectivity index (χ1) is 12.4. The highest BCUT2D eigenvalue weighted by Crippen LogP contribution is 2.27. The number of rotatable bonds is 3. The predicted octanol–water partition coefficient (Wildman–Crippen LogP) is 3.19. The maximum absolute atomic E-state index is 13.0. The van der Waals surface area contributed by atoms with Gasteiger partial charge >= 0.3 is 0 Å². The Labute approximate surface area is 154 Å². The summed E-state index contributed by atoms with van der Waals surface area (Å²) in [6.07, 6.45) is 0. The van der Waals surface area contributed by atoms with E-state index in [1.165, 1.54) is 0 Å². The molecule has 0 saturated carbocycles. The Morgan fingerprint density at radius 1 is 1.12 bits per heavy atom. The lowest BCUT2D eigenvalue weighted by atomic mass is 10.1. The molecule has 0 aromatic heterocycles. The summed E-state index contributed by atoms with van der Waals surface area (Å²) in [5, 5.41) is 0. The zero-order chi connectivity index (χ0) is 18.8. The molecule has 26 heavy (non-hydrogen) atoms. The molecule has 1 aliphatic rings. The molecule has 0 aliphatic carbocycles. The van der Waals surface area contributed by atoms with Crippen LogP contribution < -0.4 is 9.64 Å². The topological polar surface area (TPSA) is 49.9 Å². The van der Waals surface area contributed by atoms with E-state index < -0.39 is 6.04 Å². The van der Waals surface area contributed by atoms with Gasteiger partial charge in [-0.15, -0.1) is 0 Å². The van der Waals surface area contributed by atoms with Crippen molar-refractivity contribution in [3.8, 4) is 5.75 Å². The number of piperazine rings is 1. The smallest absolute Gasteiger partial charge is 0.258 e. The van der Waals surface area contributed by atoms with Gasteiger partial charge in [0.25, 0.3) is 5.91 Å². The average Bonchev–Trinajstić information content (AvgIpc) is 2.64. The van der Waals surface area contributed by atoms with E-state index in [1.807, 2.05) is 32.0 Å². The molecule has 1 atom stereocenters. The van der Waals surface area contributed by atoms with Crippen LogP contribution in [0.1, 0.15) is 28.4 Å². The lowest BCUT2D eigenvalue weighted by Crippen LogP contribution is -2.58. The molecule has 5 heteroatoms. The SMILES string of the molecule is COc1ccccc1C(=O)N1CCN(c2ccc(C)cc2C)C(=O)[C@H]1C. The fraction of sp³-hybridized carbons (Fsp3) is 0.333. The van der Waals surface area contributed by atoms with Crippen LogP contribution >= 0.6 is 0 Å². The largest absolute Gasteiger partial charge is 0.496 e. The number of hydrogen-bond acceptors (Lipinski definition) is 3. The van der Waals surface area contributed by atoms with Crippen molar-refractivity contribution in [2.75, 3.05) is 25.1 Å². The van der Waals surface area contributed by atoms with Crippen molar-refractivity contribution in [3.05, 3.63) is 59.2 Å². The van der Waals surface area contributed by atoms with E-state index in [2.05, 4.69) is 6.07 Å². The zero-order valence-electron chi connectivity index (χ0n) is 15.7. The standard InChI is InChI=1S/C21H24N2O3/c1-14-9-10-18(15(2)13-14)23-12-11-22(16(3)20(23)24)21(25)17-7-5-6-8-19(17)26-4/h5-10,13,16H,11-12H2,1-4H3/t16-/m1/s1. The predicted molar refractivity (Wildman–Crippen MR) is 102 cm³/mol. The summed E-state index contributed by atoms with van der Waals surface area (Å²) < 4.78 is 5.29. The molecule has 2 amide bonds. The molecule has 2 aromatic rings. The Morgan fingerprint density at radius 3 is 2.54 bits per heavy atom. The van der Waals surface area contributed by atoms with Crippen LogP contribution in [0.5, 0.6) is 5.75 Å². The minimum absolute atomic E-state index is 0.0635. The van der Waals surface area contributed by atoms with Crippen LogP contribution in [-0.4, -0.2) is 43.0 Å². The lowest BCUT2D eigenvalue weighted by Gasteiger charge is -2.39. The van der Waals surface area contributed by atoms with E-state index in [0.717, 1.165) is 16.8 Å². The molecule has 0 spiro atoms. The molecular formula is C21H24N2O3. The first-order valence-electron chi connectivity index (χ1n) is 8.76. The Bertz CT molecular complexity index is 847. The van der Waals surface area contributed by atoms with Crippen LogP contribution in [0.3, 0.4) is 0 Å². The van der Waals surface area contributed by atoms with Crippen LogP contribution in [0.25, 0.3) is 0 Å². The summed E-state index contributed by atoms with van der Waals surface area (Å²) >= 11 is 0. The van der Waals surface area contributed by atoms with E-state index in [9.17, 15) is 9.59 Å². The summed E-state index contributed by atoms with van der Waals surface area (Å²) in [6.45, 7) is 6.79. The van der Waals surface area contributed by atoms with Gasteiger partial charge in [0.1, 0.15) is 11.8 Å². The first-order valence-corrected chi connectivity index (χ1v) is 8.76. The number of amides is 2. The van der Waals surface area contributed by atoms with Gasteiger partial charge < -0.3 is 14.5 Å². The Hall–Kier alpha value is -2.82. The molecule has 1 saturated heterocycles. The monoisotopic (exact) mass is 352 g/mol. The molecule has 3 rings (SSSR count). The minimum atomic E-state index is -0.526. The Balaban J connectivity index is 1.85. The molecular weight excluding hydrogens is 328 g/mol. The summed E-state index contributed by atoms with van der Waals surface area (Å²) in [5.41, 5.74) is 3.62. The third-order valence-corrected chi connectivity index (χ3v) is 4.90. The number of hydrogen-bond donors (Lipinski definition) is 0. The normalized spacial score (nSPS) is 17.4. The van der Waals surface area contributed by atoms with Crippen LogP contribution in [0.15, 0.2) is 42.5 Å². The van der Waals surface area contributed by atoms with Crippen molar-refractivity contribution in [1.82, 2.24) is 4.90 Å². The number of anilines is 1. The summed E-state index contributed by atoms with van der Waals surface area (Å²) in [4.78, 5) is 29.3. The maximum atomic E-state index is 13.0. The quantitative estimate of drug-likeness (QED) is 0.852. The fourth-order valence-electron chi connectivity index (χ4n) is 3.47. The number of methoxy groups -OCH3 is 1. The van der Waals surface area contributed by atoms with E-state index in [-0.39, 0.29) is 11.8 Å². The van der Waals surface area contributed by atoms with Gasteiger partial charge in [0.05, 0.1) is 12.7 Å². The van der Waals surface area contributed by atoms with Crippen molar-refractivity contribution in [1.29, 1.82) is 0 Å². The first kappa shape index (κ1) is 18.0. The highest BCUT2D eigenvalue weighted by Gasteiger charge is 2.36. The van der Waals surface area contributed by atoms with Crippen LogP contribution in [0, 0.1) is 13.8 Å². The number of ether oxygens (including phenoxy) is 1. The molecule has 0 N–H and O–H groups in total.